The van der Waals surface area contributed by atoms with E-state index in [0.717, 1.165) is 56.6 Å². The van der Waals surface area contributed by atoms with Crippen molar-refractivity contribution in [3.8, 4) is 5.75 Å². The second-order valence-electron chi connectivity index (χ2n) is 8.73. The van der Waals surface area contributed by atoms with Crippen molar-refractivity contribution in [2.75, 3.05) is 26.7 Å². The lowest BCUT2D eigenvalue weighted by Gasteiger charge is -2.19. The van der Waals surface area contributed by atoms with Gasteiger partial charge in [0.05, 0.1) is 6.61 Å². The lowest BCUT2D eigenvalue weighted by molar-refractivity contribution is 0.0952. The van der Waals surface area contributed by atoms with Crippen molar-refractivity contribution in [1.29, 1.82) is 0 Å². The van der Waals surface area contributed by atoms with Crippen molar-refractivity contribution < 1.29 is 9.53 Å². The number of aromatic nitrogens is 3. The average Bonchev–Trinajstić information content (AvgIpc) is 3.33. The first-order valence-electron chi connectivity index (χ1n) is 11.8. The smallest absolute Gasteiger partial charge is 0.251 e. The highest BCUT2D eigenvalue weighted by Gasteiger charge is 2.13. The van der Waals surface area contributed by atoms with Gasteiger partial charge in [-0.15, -0.1) is 0 Å². The van der Waals surface area contributed by atoms with E-state index >= 15 is 0 Å². The Bertz CT molecular complexity index is 1030. The van der Waals surface area contributed by atoms with Gasteiger partial charge in [0.2, 0.25) is 0 Å². The number of carbonyl (C=O) groups is 1. The highest BCUT2D eigenvalue weighted by molar-refractivity contribution is 5.94. The van der Waals surface area contributed by atoms with Gasteiger partial charge in [0, 0.05) is 31.6 Å². The van der Waals surface area contributed by atoms with E-state index in [1.807, 2.05) is 18.2 Å². The van der Waals surface area contributed by atoms with Gasteiger partial charge in [0.15, 0.2) is 0 Å². The lowest BCUT2D eigenvalue weighted by Crippen LogP contribution is -2.25. The van der Waals surface area contributed by atoms with E-state index in [1.54, 1.807) is 11.0 Å². The molecule has 7 nitrogen and oxygen atoms in total. The van der Waals surface area contributed by atoms with E-state index in [4.69, 9.17) is 4.74 Å². The summed E-state index contributed by atoms with van der Waals surface area (Å²) in [6, 6.07) is 14.5. The van der Waals surface area contributed by atoms with Crippen LogP contribution >= 0.6 is 0 Å². The van der Waals surface area contributed by atoms with Gasteiger partial charge in [-0.3, -0.25) is 9.48 Å². The molecule has 2 heterocycles. The molecule has 0 saturated carbocycles. The van der Waals surface area contributed by atoms with Gasteiger partial charge < -0.3 is 15.0 Å². The van der Waals surface area contributed by atoms with Crippen molar-refractivity contribution in [1.82, 2.24) is 25.0 Å². The molecule has 4 rings (SSSR count). The number of amides is 1. The number of ether oxygens (including phenoxy) is 1. The summed E-state index contributed by atoms with van der Waals surface area (Å²) in [4.78, 5) is 19.1. The van der Waals surface area contributed by atoms with Crippen LogP contribution in [0.5, 0.6) is 5.75 Å². The van der Waals surface area contributed by atoms with E-state index in [1.165, 1.54) is 23.9 Å². The molecular weight excluding hydrogens is 414 g/mol. The van der Waals surface area contributed by atoms with Gasteiger partial charge in [-0.25, -0.2) is 4.98 Å². The van der Waals surface area contributed by atoms with Crippen molar-refractivity contribution in [3.63, 3.8) is 0 Å². The second-order valence-corrected chi connectivity index (χ2v) is 8.73. The van der Waals surface area contributed by atoms with Crippen LogP contribution in [0.3, 0.4) is 0 Å². The predicted octanol–water partition coefficient (Wildman–Crippen LogP) is 3.68. The van der Waals surface area contributed by atoms with Gasteiger partial charge in [0.25, 0.3) is 5.91 Å². The van der Waals surface area contributed by atoms with Gasteiger partial charge in [-0.2, -0.15) is 5.10 Å². The topological polar surface area (TPSA) is 72.3 Å². The van der Waals surface area contributed by atoms with Crippen LogP contribution in [-0.4, -0.2) is 52.3 Å². The highest BCUT2D eigenvalue weighted by atomic mass is 16.5. The third-order valence-corrected chi connectivity index (χ3v) is 5.92. The summed E-state index contributed by atoms with van der Waals surface area (Å²) < 4.78 is 7.91. The van der Waals surface area contributed by atoms with Gasteiger partial charge in [-0.1, -0.05) is 24.3 Å². The second kappa shape index (κ2) is 11.6. The molecule has 7 heteroatoms. The molecule has 2 bridgehead atoms. The Hall–Kier alpha value is -3.19. The van der Waals surface area contributed by atoms with Gasteiger partial charge >= 0.3 is 0 Å². The van der Waals surface area contributed by atoms with Crippen LogP contribution < -0.4 is 10.1 Å². The summed E-state index contributed by atoms with van der Waals surface area (Å²) in [5, 5.41) is 7.10. The molecule has 1 N–H and O–H groups in total. The zero-order valence-electron chi connectivity index (χ0n) is 19.4. The molecule has 33 heavy (non-hydrogen) atoms. The number of fused-ring (bicyclic) bond motifs is 3. The van der Waals surface area contributed by atoms with Crippen LogP contribution in [0.2, 0.25) is 0 Å². The average molecular weight is 448 g/mol. The first kappa shape index (κ1) is 23.0. The fourth-order valence-corrected chi connectivity index (χ4v) is 4.18. The van der Waals surface area contributed by atoms with Crippen LogP contribution in [0.25, 0.3) is 0 Å². The number of aryl methyl sites for hydroxylation is 1. The first-order valence-corrected chi connectivity index (χ1v) is 11.8. The normalized spacial score (nSPS) is 15.2. The molecule has 0 fully saturated rings. The number of hydrogen-bond donors (Lipinski definition) is 1. The number of nitrogens with zero attached hydrogens (tertiary/aromatic N) is 4. The lowest BCUT2D eigenvalue weighted by atomic mass is 9.99. The molecule has 1 aromatic heterocycles. The quantitative estimate of drug-likeness (QED) is 0.604. The highest BCUT2D eigenvalue weighted by Crippen LogP contribution is 2.25. The zero-order chi connectivity index (χ0) is 22.9. The Morgan fingerprint density at radius 3 is 2.91 bits per heavy atom. The molecule has 1 aliphatic heterocycles. The Morgan fingerprint density at radius 1 is 1.12 bits per heavy atom. The number of benzene rings is 2. The monoisotopic (exact) mass is 447 g/mol. The molecular formula is C26H33N5O2. The Balaban J connectivity index is 1.46. The third-order valence-electron chi connectivity index (χ3n) is 5.92. The fraction of sp³-hybridized carbons (Fsp3) is 0.423. The van der Waals surface area contributed by atoms with Crippen molar-refractivity contribution in [3.05, 3.63) is 77.4 Å². The number of hydrogen-bond acceptors (Lipinski definition) is 5. The minimum atomic E-state index is -0.0637. The summed E-state index contributed by atoms with van der Waals surface area (Å²) in [7, 11) is 2.18. The van der Waals surface area contributed by atoms with Crippen LogP contribution in [0, 0.1) is 0 Å². The van der Waals surface area contributed by atoms with Crippen LogP contribution in [-0.2, 0) is 19.5 Å². The van der Waals surface area contributed by atoms with Crippen LogP contribution in [0.15, 0.2) is 55.1 Å². The fourth-order valence-electron chi connectivity index (χ4n) is 4.18. The van der Waals surface area contributed by atoms with Crippen molar-refractivity contribution >= 4 is 5.91 Å². The van der Waals surface area contributed by atoms with Crippen molar-refractivity contribution in [2.45, 2.75) is 45.2 Å². The van der Waals surface area contributed by atoms with Crippen LogP contribution in [0.4, 0.5) is 0 Å². The summed E-state index contributed by atoms with van der Waals surface area (Å²) in [5.74, 6) is 0.809. The molecule has 0 unspecified atom stereocenters. The maximum absolute atomic E-state index is 12.8. The molecule has 1 amide bonds. The summed E-state index contributed by atoms with van der Waals surface area (Å²) >= 11 is 0. The minimum absolute atomic E-state index is 0.0637. The van der Waals surface area contributed by atoms with E-state index in [0.29, 0.717) is 18.7 Å². The molecule has 0 spiro atoms. The molecule has 0 aliphatic carbocycles. The van der Waals surface area contributed by atoms with E-state index in [2.05, 4.69) is 51.6 Å². The molecule has 0 atom stereocenters. The summed E-state index contributed by atoms with van der Waals surface area (Å²) in [6.45, 7) is 4.06. The minimum Gasteiger partial charge on any atom is -0.493 e. The standard InChI is InChI=1S/C26H33N5O2/c1-30-12-3-2-4-14-33-25-10-9-23(26(32)28-11-6-13-31-20-27-19-29-31)17-24(25)16-21-7-5-8-22(15-21)18-30/h5,7-10,15,17,19-20H,2-4,6,11-14,16,18H2,1H3,(H,28,32). The number of nitrogens with one attached hydrogen (secondary N) is 1. The molecule has 0 radical (unpaired) electrons. The summed E-state index contributed by atoms with van der Waals surface area (Å²) in [5.41, 5.74) is 4.26. The van der Waals surface area contributed by atoms with Gasteiger partial charge in [0.1, 0.15) is 18.4 Å². The number of rotatable bonds is 5. The SMILES string of the molecule is CN1CCCCCOc2ccc(C(=O)NCCCn3cncn3)cc2Cc2cccc(c2)C1. The van der Waals surface area contributed by atoms with E-state index in [9.17, 15) is 4.79 Å². The Morgan fingerprint density at radius 2 is 2.03 bits per heavy atom. The molecule has 174 valence electrons. The molecule has 3 aromatic rings. The maximum atomic E-state index is 12.8. The van der Waals surface area contributed by atoms with Crippen LogP contribution in [0.1, 0.15) is 52.7 Å². The number of carbonyl (C=O) groups excluding carboxylic acids is 1. The Labute approximate surface area is 195 Å². The molecule has 2 aromatic carbocycles. The maximum Gasteiger partial charge on any atom is 0.251 e. The van der Waals surface area contributed by atoms with E-state index < -0.39 is 0 Å². The van der Waals surface area contributed by atoms with Gasteiger partial charge in [-0.05, 0) is 74.2 Å². The van der Waals surface area contributed by atoms with E-state index in [-0.39, 0.29) is 5.91 Å². The van der Waals surface area contributed by atoms with Crippen molar-refractivity contribution in [2.24, 2.45) is 0 Å². The first-order chi connectivity index (χ1) is 16.2. The predicted molar refractivity (Wildman–Crippen MR) is 128 cm³/mol. The summed E-state index contributed by atoms with van der Waals surface area (Å²) in [6.07, 6.45) is 8.08. The third kappa shape index (κ3) is 6.89. The Kier molecular flexibility index (Phi) is 8.09. The molecule has 1 aliphatic rings. The molecule has 0 saturated heterocycles. The zero-order valence-corrected chi connectivity index (χ0v) is 19.4. The largest absolute Gasteiger partial charge is 0.493 e.